The lowest BCUT2D eigenvalue weighted by atomic mass is 10.2. The van der Waals surface area contributed by atoms with Crippen molar-refractivity contribution in [1.29, 1.82) is 0 Å². The Morgan fingerprint density at radius 2 is 1.65 bits per heavy atom. The van der Waals surface area contributed by atoms with Crippen LogP contribution in [0.5, 0.6) is 11.5 Å². The maximum Gasteiger partial charge on any atom is 0.163 e. The van der Waals surface area contributed by atoms with Gasteiger partial charge in [-0.3, -0.25) is 0 Å². The molecule has 0 amide bonds. The van der Waals surface area contributed by atoms with E-state index < -0.39 is 0 Å². The maximum absolute atomic E-state index is 13.5. The Hall–Kier alpha value is -3.01. The number of hydrogen-bond donors (Lipinski definition) is 1. The third kappa shape index (κ3) is 6.74. The third-order valence-corrected chi connectivity index (χ3v) is 4.30. The molecule has 8 nitrogen and oxygen atoms in total. The quantitative estimate of drug-likeness (QED) is 0.411. The van der Waals surface area contributed by atoms with Gasteiger partial charge < -0.3 is 29.0 Å². The summed E-state index contributed by atoms with van der Waals surface area (Å²) in [4.78, 5) is 8.59. The van der Waals surface area contributed by atoms with Gasteiger partial charge in [-0.1, -0.05) is 6.07 Å². The van der Waals surface area contributed by atoms with E-state index in [9.17, 15) is 4.39 Å². The average Bonchev–Trinajstić information content (AvgIpc) is 2.77. The van der Waals surface area contributed by atoms with E-state index in [4.69, 9.17) is 23.7 Å². The molecule has 166 valence electrons. The highest BCUT2D eigenvalue weighted by atomic mass is 19.1. The second-order valence-electron chi connectivity index (χ2n) is 6.44. The summed E-state index contributed by atoms with van der Waals surface area (Å²) in [7, 11) is 3.19. The molecule has 2 aromatic carbocycles. The van der Waals surface area contributed by atoms with E-state index in [0.717, 1.165) is 5.39 Å². The topological polar surface area (TPSA) is 84.0 Å². The summed E-state index contributed by atoms with van der Waals surface area (Å²) in [5, 5.41) is 3.84. The molecule has 1 N–H and O–H groups in total. The zero-order chi connectivity index (χ0) is 21.9. The minimum atomic E-state index is -0.333. The Bertz CT molecular complexity index is 973. The van der Waals surface area contributed by atoms with Crippen LogP contribution in [0.15, 0.2) is 42.7 Å². The van der Waals surface area contributed by atoms with Crippen LogP contribution in [0.1, 0.15) is 0 Å². The summed E-state index contributed by atoms with van der Waals surface area (Å²) in [6.45, 7) is 2.84. The molecule has 0 saturated carbocycles. The first kappa shape index (κ1) is 22.7. The fourth-order valence-electron chi connectivity index (χ4n) is 2.81. The highest BCUT2D eigenvalue weighted by Crippen LogP contribution is 2.34. The standard InChI is InChI=1S/C22H26FN3O5/c1-27-6-7-29-8-9-30-10-11-31-21-14-19-18(13-20(21)28-2)22(25-15-24-19)26-17-5-3-4-16(23)12-17/h3-5,12-15H,6-11H2,1-2H3,(H,24,25,26). The number of fused-ring (bicyclic) bond motifs is 1. The van der Waals surface area contributed by atoms with Crippen molar-refractivity contribution in [3.8, 4) is 11.5 Å². The molecule has 0 fully saturated rings. The van der Waals surface area contributed by atoms with Gasteiger partial charge >= 0.3 is 0 Å². The molecular formula is C22H26FN3O5. The molecule has 0 aliphatic rings. The van der Waals surface area contributed by atoms with Crippen LogP contribution < -0.4 is 14.8 Å². The van der Waals surface area contributed by atoms with Crippen LogP contribution in [0.4, 0.5) is 15.9 Å². The van der Waals surface area contributed by atoms with Crippen molar-refractivity contribution in [2.45, 2.75) is 0 Å². The van der Waals surface area contributed by atoms with Crippen molar-refractivity contribution in [1.82, 2.24) is 9.97 Å². The summed E-state index contributed by atoms with van der Waals surface area (Å²) in [5.41, 5.74) is 1.25. The summed E-state index contributed by atoms with van der Waals surface area (Å²) in [5.74, 6) is 1.29. The summed E-state index contributed by atoms with van der Waals surface area (Å²) in [6, 6.07) is 9.73. The molecule has 0 saturated heterocycles. The van der Waals surface area contributed by atoms with E-state index in [1.165, 1.54) is 18.5 Å². The van der Waals surface area contributed by atoms with Crippen LogP contribution in [-0.4, -0.2) is 63.8 Å². The molecule has 31 heavy (non-hydrogen) atoms. The largest absolute Gasteiger partial charge is 0.493 e. The van der Waals surface area contributed by atoms with Crippen molar-refractivity contribution in [3.05, 3.63) is 48.5 Å². The van der Waals surface area contributed by atoms with E-state index in [1.54, 1.807) is 38.5 Å². The van der Waals surface area contributed by atoms with Gasteiger partial charge in [0.05, 0.1) is 45.7 Å². The van der Waals surface area contributed by atoms with E-state index in [2.05, 4.69) is 15.3 Å². The van der Waals surface area contributed by atoms with Crippen molar-refractivity contribution >= 4 is 22.4 Å². The highest BCUT2D eigenvalue weighted by Gasteiger charge is 2.12. The average molecular weight is 431 g/mol. The zero-order valence-electron chi connectivity index (χ0n) is 17.6. The molecule has 1 aromatic heterocycles. The van der Waals surface area contributed by atoms with E-state index >= 15 is 0 Å². The molecule has 9 heteroatoms. The van der Waals surface area contributed by atoms with E-state index in [-0.39, 0.29) is 5.82 Å². The monoisotopic (exact) mass is 431 g/mol. The number of nitrogens with zero attached hydrogens (tertiary/aromatic N) is 2. The molecule has 0 atom stereocenters. The molecular weight excluding hydrogens is 405 g/mol. The summed E-state index contributed by atoms with van der Waals surface area (Å²) < 4.78 is 40.5. The van der Waals surface area contributed by atoms with E-state index in [0.29, 0.717) is 68.2 Å². The van der Waals surface area contributed by atoms with Gasteiger partial charge in [0.25, 0.3) is 0 Å². The third-order valence-electron chi connectivity index (χ3n) is 4.30. The molecule has 0 aliphatic heterocycles. The summed E-state index contributed by atoms with van der Waals surface area (Å²) >= 11 is 0. The number of hydrogen-bond acceptors (Lipinski definition) is 8. The van der Waals surface area contributed by atoms with Gasteiger partial charge in [0, 0.05) is 24.2 Å². The number of methoxy groups -OCH3 is 2. The molecule has 0 unspecified atom stereocenters. The fraction of sp³-hybridized carbons (Fsp3) is 0.364. The first-order valence-corrected chi connectivity index (χ1v) is 9.84. The zero-order valence-corrected chi connectivity index (χ0v) is 17.6. The number of nitrogens with one attached hydrogen (secondary N) is 1. The van der Waals surface area contributed by atoms with Gasteiger partial charge in [0.15, 0.2) is 11.5 Å². The number of halogens is 1. The number of ether oxygens (including phenoxy) is 5. The Labute approximate surface area is 180 Å². The fourth-order valence-corrected chi connectivity index (χ4v) is 2.81. The lowest BCUT2D eigenvalue weighted by Crippen LogP contribution is -2.12. The van der Waals surface area contributed by atoms with E-state index in [1.807, 2.05) is 0 Å². The van der Waals surface area contributed by atoms with Crippen LogP contribution in [0.25, 0.3) is 10.9 Å². The van der Waals surface area contributed by atoms with Crippen molar-refractivity contribution < 1.29 is 28.1 Å². The molecule has 3 rings (SSSR count). The first-order valence-electron chi connectivity index (χ1n) is 9.84. The van der Waals surface area contributed by atoms with Crippen LogP contribution in [0.2, 0.25) is 0 Å². The summed E-state index contributed by atoms with van der Waals surface area (Å²) in [6.07, 6.45) is 1.44. The molecule has 1 heterocycles. The van der Waals surface area contributed by atoms with Crippen LogP contribution in [-0.2, 0) is 14.2 Å². The molecule has 0 radical (unpaired) electrons. The highest BCUT2D eigenvalue weighted by molar-refractivity contribution is 5.93. The maximum atomic E-state index is 13.5. The molecule has 3 aromatic rings. The lowest BCUT2D eigenvalue weighted by Gasteiger charge is -2.14. The predicted octanol–water partition coefficient (Wildman–Crippen LogP) is 3.58. The Morgan fingerprint density at radius 1 is 0.871 bits per heavy atom. The van der Waals surface area contributed by atoms with Gasteiger partial charge in [-0.25, -0.2) is 14.4 Å². The van der Waals surface area contributed by atoms with Gasteiger partial charge in [-0.05, 0) is 24.3 Å². The molecule has 0 spiro atoms. The van der Waals surface area contributed by atoms with Crippen LogP contribution in [0, 0.1) is 5.82 Å². The van der Waals surface area contributed by atoms with Gasteiger partial charge in [0.1, 0.15) is 24.6 Å². The minimum Gasteiger partial charge on any atom is -0.493 e. The number of aromatic nitrogens is 2. The second-order valence-corrected chi connectivity index (χ2v) is 6.44. The Kier molecular flexibility index (Phi) is 8.77. The van der Waals surface area contributed by atoms with Gasteiger partial charge in [0.2, 0.25) is 0 Å². The van der Waals surface area contributed by atoms with Crippen molar-refractivity contribution in [2.75, 3.05) is 59.2 Å². The van der Waals surface area contributed by atoms with Crippen molar-refractivity contribution in [3.63, 3.8) is 0 Å². The van der Waals surface area contributed by atoms with Gasteiger partial charge in [-0.2, -0.15) is 0 Å². The van der Waals surface area contributed by atoms with Crippen LogP contribution >= 0.6 is 0 Å². The number of benzene rings is 2. The lowest BCUT2D eigenvalue weighted by molar-refractivity contribution is 0.0178. The molecule has 0 aliphatic carbocycles. The number of rotatable bonds is 13. The Morgan fingerprint density at radius 3 is 2.39 bits per heavy atom. The number of anilines is 2. The first-order chi connectivity index (χ1) is 15.2. The minimum absolute atomic E-state index is 0.333. The molecule has 0 bridgehead atoms. The SMILES string of the molecule is COCCOCCOCCOc1cc2ncnc(Nc3cccc(F)c3)c2cc1OC. The van der Waals surface area contributed by atoms with Crippen molar-refractivity contribution in [2.24, 2.45) is 0 Å². The van der Waals surface area contributed by atoms with Gasteiger partial charge in [-0.15, -0.1) is 0 Å². The normalized spacial score (nSPS) is 10.9. The smallest absolute Gasteiger partial charge is 0.163 e. The Balaban J connectivity index is 1.61. The van der Waals surface area contributed by atoms with Crippen LogP contribution in [0.3, 0.4) is 0 Å². The predicted molar refractivity (Wildman–Crippen MR) is 115 cm³/mol. The second kappa shape index (κ2) is 12.0.